The summed E-state index contributed by atoms with van der Waals surface area (Å²) in [6.07, 6.45) is 3.94. The maximum Gasteiger partial charge on any atom is 0.252 e. The lowest BCUT2D eigenvalue weighted by molar-refractivity contribution is 0.235. The third-order valence-corrected chi connectivity index (χ3v) is 8.86. The number of sulfonamides is 1. The monoisotopic (exact) mass is 448 g/mol. The number of hydrogen-bond acceptors (Lipinski definition) is 5. The Morgan fingerprint density at radius 1 is 1.17 bits per heavy atom. The lowest BCUT2D eigenvalue weighted by Crippen LogP contribution is -2.41. The Labute approximate surface area is 182 Å². The van der Waals surface area contributed by atoms with E-state index in [9.17, 15) is 8.42 Å². The molecular formula is C21H28N4O3S2. The molecule has 1 saturated heterocycles. The minimum atomic E-state index is -3.37. The van der Waals surface area contributed by atoms with Gasteiger partial charge in [0.2, 0.25) is 0 Å². The van der Waals surface area contributed by atoms with Gasteiger partial charge in [-0.25, -0.2) is 8.42 Å². The van der Waals surface area contributed by atoms with Crippen LogP contribution in [-0.2, 0) is 23.0 Å². The van der Waals surface area contributed by atoms with Gasteiger partial charge in [0.15, 0.2) is 5.96 Å². The largest absolute Gasteiger partial charge is 0.488 e. The summed E-state index contributed by atoms with van der Waals surface area (Å²) in [6.45, 7) is 2.41. The van der Waals surface area contributed by atoms with Crippen LogP contribution in [0.3, 0.4) is 0 Å². The van der Waals surface area contributed by atoms with E-state index in [0.29, 0.717) is 36.3 Å². The number of aliphatic imine (C=N–C) groups is 1. The van der Waals surface area contributed by atoms with Gasteiger partial charge in [-0.05, 0) is 36.6 Å². The van der Waals surface area contributed by atoms with Gasteiger partial charge in [0.05, 0.1) is 13.1 Å². The van der Waals surface area contributed by atoms with Crippen molar-refractivity contribution in [2.24, 2.45) is 4.99 Å². The Morgan fingerprint density at radius 3 is 2.73 bits per heavy atom. The van der Waals surface area contributed by atoms with Gasteiger partial charge < -0.3 is 15.4 Å². The average Bonchev–Trinajstić information content (AvgIpc) is 3.41. The molecule has 9 heteroatoms. The number of para-hydroxylation sites is 1. The SMILES string of the molecule is CN=C(NCc1ccc(S(=O)(=O)N2CCCCC2)s1)NCC1Cc2ccccc2O1. The Kier molecular flexibility index (Phi) is 6.60. The quantitative estimate of drug-likeness (QED) is 0.524. The second-order valence-corrected chi connectivity index (χ2v) is 10.9. The van der Waals surface area contributed by atoms with Crippen molar-refractivity contribution < 1.29 is 13.2 Å². The lowest BCUT2D eigenvalue weighted by atomic mass is 10.1. The van der Waals surface area contributed by atoms with Crippen LogP contribution in [0.5, 0.6) is 5.75 Å². The molecule has 1 atom stereocenters. The summed E-state index contributed by atoms with van der Waals surface area (Å²) in [5, 5.41) is 6.56. The molecule has 0 amide bonds. The topological polar surface area (TPSA) is 83.0 Å². The van der Waals surface area contributed by atoms with Gasteiger partial charge in [0.1, 0.15) is 16.1 Å². The van der Waals surface area contributed by atoms with Crippen LogP contribution in [-0.4, -0.2) is 51.5 Å². The zero-order valence-electron chi connectivity index (χ0n) is 17.1. The molecule has 2 N–H and O–H groups in total. The Bertz CT molecular complexity index is 972. The van der Waals surface area contributed by atoms with Crippen molar-refractivity contribution >= 4 is 27.3 Å². The highest BCUT2D eigenvalue weighted by molar-refractivity contribution is 7.91. The first-order valence-corrected chi connectivity index (χ1v) is 12.6. The summed E-state index contributed by atoms with van der Waals surface area (Å²) in [7, 11) is -1.65. The highest BCUT2D eigenvalue weighted by Crippen LogP contribution is 2.28. The molecule has 0 spiro atoms. The molecule has 0 bridgehead atoms. The second kappa shape index (κ2) is 9.36. The van der Waals surface area contributed by atoms with E-state index in [1.165, 1.54) is 16.9 Å². The normalized spacial score (nSPS) is 19.9. The molecule has 0 saturated carbocycles. The number of nitrogens with one attached hydrogen (secondary N) is 2. The molecule has 1 aromatic carbocycles. The van der Waals surface area contributed by atoms with Gasteiger partial charge in [-0.2, -0.15) is 4.31 Å². The van der Waals surface area contributed by atoms with Crippen molar-refractivity contribution in [3.05, 3.63) is 46.8 Å². The summed E-state index contributed by atoms with van der Waals surface area (Å²) < 4.78 is 33.6. The predicted octanol–water partition coefficient (Wildman–Crippen LogP) is 2.59. The summed E-state index contributed by atoms with van der Waals surface area (Å²) in [5.74, 6) is 1.62. The van der Waals surface area contributed by atoms with Gasteiger partial charge in [0, 0.05) is 31.4 Å². The zero-order valence-corrected chi connectivity index (χ0v) is 18.8. The lowest BCUT2D eigenvalue weighted by Gasteiger charge is -2.25. The Hall–Kier alpha value is -2.10. The third-order valence-electron chi connectivity index (χ3n) is 5.41. The van der Waals surface area contributed by atoms with Gasteiger partial charge in [-0.15, -0.1) is 11.3 Å². The number of nitrogens with zero attached hydrogens (tertiary/aromatic N) is 2. The smallest absolute Gasteiger partial charge is 0.252 e. The molecular weight excluding hydrogens is 420 g/mol. The summed E-state index contributed by atoms with van der Waals surface area (Å²) in [5.41, 5.74) is 1.23. The molecule has 1 aromatic heterocycles. The standard InChI is InChI=1S/C21H28N4O3S2/c1-22-21(23-14-17-13-16-7-3-4-8-19(16)28-17)24-15-18-9-10-20(29-18)30(26,27)25-11-5-2-6-12-25/h3-4,7-10,17H,2,5-6,11-15H2,1H3,(H2,22,23,24). The summed E-state index contributed by atoms with van der Waals surface area (Å²) in [4.78, 5) is 5.22. The van der Waals surface area contributed by atoms with Crippen LogP contribution in [0.4, 0.5) is 0 Å². The first kappa shape index (κ1) is 21.1. The number of rotatable bonds is 6. The molecule has 2 aliphatic rings. The van der Waals surface area contributed by atoms with Crippen molar-refractivity contribution in [1.82, 2.24) is 14.9 Å². The van der Waals surface area contributed by atoms with Crippen molar-refractivity contribution in [3.63, 3.8) is 0 Å². The highest BCUT2D eigenvalue weighted by Gasteiger charge is 2.27. The number of hydrogen-bond donors (Lipinski definition) is 2. The number of benzene rings is 1. The molecule has 30 heavy (non-hydrogen) atoms. The molecule has 0 radical (unpaired) electrons. The van der Waals surface area contributed by atoms with Crippen molar-refractivity contribution in [3.8, 4) is 5.75 Å². The van der Waals surface area contributed by atoms with E-state index in [2.05, 4.69) is 21.7 Å². The second-order valence-electron chi connectivity index (χ2n) is 7.54. The van der Waals surface area contributed by atoms with E-state index < -0.39 is 10.0 Å². The van der Waals surface area contributed by atoms with E-state index in [1.54, 1.807) is 17.4 Å². The van der Waals surface area contributed by atoms with Crippen LogP contribution < -0.4 is 15.4 Å². The number of thiophene rings is 1. The molecule has 3 heterocycles. The van der Waals surface area contributed by atoms with Crippen molar-refractivity contribution in [2.75, 3.05) is 26.7 Å². The maximum atomic E-state index is 12.8. The number of fused-ring (bicyclic) bond motifs is 1. The fraction of sp³-hybridized carbons (Fsp3) is 0.476. The number of ether oxygens (including phenoxy) is 1. The van der Waals surface area contributed by atoms with Crippen LogP contribution in [0.15, 0.2) is 45.6 Å². The van der Waals surface area contributed by atoms with E-state index in [4.69, 9.17) is 4.74 Å². The highest BCUT2D eigenvalue weighted by atomic mass is 32.2. The predicted molar refractivity (Wildman–Crippen MR) is 120 cm³/mol. The summed E-state index contributed by atoms with van der Waals surface area (Å²) >= 11 is 1.32. The van der Waals surface area contributed by atoms with E-state index >= 15 is 0 Å². The number of piperidine rings is 1. The molecule has 1 fully saturated rings. The van der Waals surface area contributed by atoms with E-state index in [0.717, 1.165) is 36.3 Å². The Balaban J connectivity index is 1.28. The van der Waals surface area contributed by atoms with E-state index in [1.807, 2.05) is 24.3 Å². The average molecular weight is 449 g/mol. The van der Waals surface area contributed by atoms with Gasteiger partial charge >= 0.3 is 0 Å². The van der Waals surface area contributed by atoms with E-state index in [-0.39, 0.29) is 6.10 Å². The van der Waals surface area contributed by atoms with Crippen LogP contribution in [0.25, 0.3) is 0 Å². The minimum Gasteiger partial charge on any atom is -0.488 e. The first-order valence-electron chi connectivity index (χ1n) is 10.3. The fourth-order valence-corrected chi connectivity index (χ4v) is 6.76. The third kappa shape index (κ3) is 4.79. The van der Waals surface area contributed by atoms with Crippen LogP contribution in [0, 0.1) is 0 Å². The summed E-state index contributed by atoms with van der Waals surface area (Å²) in [6, 6.07) is 11.7. The zero-order chi connectivity index (χ0) is 21.0. The fourth-order valence-electron chi connectivity index (χ4n) is 3.79. The van der Waals surface area contributed by atoms with Crippen LogP contribution in [0.2, 0.25) is 0 Å². The molecule has 7 nitrogen and oxygen atoms in total. The minimum absolute atomic E-state index is 0.0731. The van der Waals surface area contributed by atoms with Crippen molar-refractivity contribution in [2.45, 2.75) is 42.5 Å². The molecule has 4 rings (SSSR count). The van der Waals surface area contributed by atoms with Gasteiger partial charge in [-0.3, -0.25) is 4.99 Å². The van der Waals surface area contributed by atoms with Crippen molar-refractivity contribution in [1.29, 1.82) is 0 Å². The van der Waals surface area contributed by atoms with Gasteiger partial charge in [0.25, 0.3) is 10.0 Å². The Morgan fingerprint density at radius 2 is 1.97 bits per heavy atom. The van der Waals surface area contributed by atoms with Gasteiger partial charge in [-0.1, -0.05) is 24.6 Å². The maximum absolute atomic E-state index is 12.8. The van der Waals surface area contributed by atoms with Crippen LogP contribution in [0.1, 0.15) is 29.7 Å². The molecule has 162 valence electrons. The molecule has 1 unspecified atom stereocenters. The molecule has 2 aromatic rings. The number of guanidine groups is 1. The van der Waals surface area contributed by atoms with Crippen LogP contribution >= 0.6 is 11.3 Å². The molecule has 0 aliphatic carbocycles. The first-order chi connectivity index (χ1) is 14.6. The molecule has 2 aliphatic heterocycles.